The zero-order valence-electron chi connectivity index (χ0n) is 7.88. The maximum atomic E-state index is 5.57. The van der Waals surface area contributed by atoms with Crippen molar-refractivity contribution in [3.8, 4) is 0 Å². The van der Waals surface area contributed by atoms with Crippen molar-refractivity contribution in [1.29, 1.82) is 0 Å². The van der Waals surface area contributed by atoms with Crippen molar-refractivity contribution in [2.24, 2.45) is 0 Å². The highest BCUT2D eigenvalue weighted by Crippen LogP contribution is 2.34. The lowest BCUT2D eigenvalue weighted by atomic mass is 10.3. The molecule has 3 heteroatoms. The molecule has 3 N–H and O–H groups in total. The zero-order chi connectivity index (χ0) is 9.31. The molecular formula is C10H15N3. The zero-order valence-corrected chi connectivity index (χ0v) is 7.88. The molecule has 1 fully saturated rings. The van der Waals surface area contributed by atoms with Crippen LogP contribution in [-0.4, -0.2) is 10.5 Å². The second-order valence-corrected chi connectivity index (χ2v) is 3.97. The lowest BCUT2D eigenvalue weighted by Crippen LogP contribution is -2.27. The summed E-state index contributed by atoms with van der Waals surface area (Å²) < 4.78 is 0. The molecule has 1 aromatic rings. The van der Waals surface area contributed by atoms with Gasteiger partial charge in [0.25, 0.3) is 0 Å². The molecule has 0 saturated heterocycles. The third-order valence-corrected chi connectivity index (χ3v) is 2.52. The van der Waals surface area contributed by atoms with Crippen LogP contribution in [0.15, 0.2) is 18.2 Å². The lowest BCUT2D eigenvalue weighted by molar-refractivity contribution is 0.532. The van der Waals surface area contributed by atoms with Gasteiger partial charge in [0.2, 0.25) is 0 Å². The predicted octanol–water partition coefficient (Wildman–Crippen LogP) is 1.31. The largest absolute Gasteiger partial charge is 0.384 e. The first kappa shape index (κ1) is 8.51. The number of nitrogens with one attached hydrogen (secondary N) is 1. The molecule has 1 heterocycles. The second kappa shape index (κ2) is 3.00. The summed E-state index contributed by atoms with van der Waals surface area (Å²) >= 11 is 0. The van der Waals surface area contributed by atoms with Gasteiger partial charge in [0.1, 0.15) is 5.82 Å². The molecule has 1 aliphatic carbocycles. The fraction of sp³-hybridized carbons (Fsp3) is 0.500. The van der Waals surface area contributed by atoms with E-state index in [9.17, 15) is 0 Å². The maximum absolute atomic E-state index is 5.57. The summed E-state index contributed by atoms with van der Waals surface area (Å²) in [5.74, 6) is 0.597. The van der Waals surface area contributed by atoms with E-state index in [4.69, 9.17) is 5.73 Å². The Hall–Kier alpha value is -1.09. The van der Waals surface area contributed by atoms with Gasteiger partial charge in [-0.05, 0) is 31.9 Å². The Morgan fingerprint density at radius 2 is 2.31 bits per heavy atom. The average molecular weight is 177 g/mol. The highest BCUT2D eigenvalue weighted by Gasteiger charge is 2.36. The maximum Gasteiger partial charge on any atom is 0.123 e. The van der Waals surface area contributed by atoms with Crippen molar-refractivity contribution in [2.75, 3.05) is 5.73 Å². The highest BCUT2D eigenvalue weighted by molar-refractivity contribution is 5.28. The molecule has 1 saturated carbocycles. The van der Waals surface area contributed by atoms with Crippen molar-refractivity contribution >= 4 is 5.82 Å². The molecule has 70 valence electrons. The van der Waals surface area contributed by atoms with Crippen molar-refractivity contribution in [3.63, 3.8) is 0 Å². The summed E-state index contributed by atoms with van der Waals surface area (Å²) in [5, 5.41) is 3.46. The fourth-order valence-electron chi connectivity index (χ4n) is 1.26. The van der Waals surface area contributed by atoms with E-state index in [2.05, 4.69) is 17.2 Å². The minimum Gasteiger partial charge on any atom is -0.384 e. The number of hydrogen-bond donors (Lipinski definition) is 2. The summed E-state index contributed by atoms with van der Waals surface area (Å²) in [4.78, 5) is 4.22. The van der Waals surface area contributed by atoms with Gasteiger partial charge in [0.15, 0.2) is 0 Å². The van der Waals surface area contributed by atoms with E-state index in [1.807, 2.05) is 18.2 Å². The van der Waals surface area contributed by atoms with Gasteiger partial charge in [0, 0.05) is 12.1 Å². The molecule has 0 spiro atoms. The first-order chi connectivity index (χ1) is 6.18. The van der Waals surface area contributed by atoms with Gasteiger partial charge in [-0.2, -0.15) is 0 Å². The molecule has 2 rings (SSSR count). The summed E-state index contributed by atoms with van der Waals surface area (Å²) in [6, 6.07) is 5.74. The number of hydrogen-bond acceptors (Lipinski definition) is 3. The average Bonchev–Trinajstić information content (AvgIpc) is 2.82. The van der Waals surface area contributed by atoms with E-state index in [-0.39, 0.29) is 0 Å². The van der Waals surface area contributed by atoms with Gasteiger partial charge in [-0.25, -0.2) is 4.98 Å². The van der Waals surface area contributed by atoms with E-state index in [1.165, 1.54) is 12.8 Å². The lowest BCUT2D eigenvalue weighted by Gasteiger charge is -2.10. The monoisotopic (exact) mass is 177 g/mol. The molecule has 0 aliphatic heterocycles. The van der Waals surface area contributed by atoms with Crippen LogP contribution in [0.4, 0.5) is 5.82 Å². The molecule has 1 aromatic heterocycles. The van der Waals surface area contributed by atoms with Crippen LogP contribution < -0.4 is 11.1 Å². The van der Waals surface area contributed by atoms with Gasteiger partial charge in [0.05, 0.1) is 5.69 Å². The molecule has 0 aromatic carbocycles. The number of anilines is 1. The molecule has 3 nitrogen and oxygen atoms in total. The van der Waals surface area contributed by atoms with Crippen molar-refractivity contribution in [1.82, 2.24) is 10.3 Å². The Morgan fingerprint density at radius 1 is 1.54 bits per heavy atom. The third-order valence-electron chi connectivity index (χ3n) is 2.52. The standard InChI is InChI=1S/C10H15N3/c1-10(5-6-10)12-7-8-3-2-4-9(11)13-8/h2-4,12H,5-7H2,1H3,(H2,11,13). The summed E-state index contributed by atoms with van der Waals surface area (Å²) in [5.41, 5.74) is 6.96. The smallest absolute Gasteiger partial charge is 0.123 e. The van der Waals surface area contributed by atoms with E-state index < -0.39 is 0 Å². The van der Waals surface area contributed by atoms with E-state index >= 15 is 0 Å². The second-order valence-electron chi connectivity index (χ2n) is 3.97. The van der Waals surface area contributed by atoms with Crippen LogP contribution in [0.2, 0.25) is 0 Å². The Bertz CT molecular complexity index is 305. The number of aromatic nitrogens is 1. The predicted molar refractivity (Wildman–Crippen MR) is 53.1 cm³/mol. The molecule has 13 heavy (non-hydrogen) atoms. The summed E-state index contributed by atoms with van der Waals surface area (Å²) in [6.45, 7) is 3.06. The minimum atomic E-state index is 0.367. The Labute approximate surface area is 78.4 Å². The van der Waals surface area contributed by atoms with Crippen LogP contribution in [0.3, 0.4) is 0 Å². The number of rotatable bonds is 3. The molecule has 0 amide bonds. The first-order valence-corrected chi connectivity index (χ1v) is 4.64. The third kappa shape index (κ3) is 2.18. The molecule has 1 aliphatic rings. The van der Waals surface area contributed by atoms with Gasteiger partial charge < -0.3 is 11.1 Å². The van der Waals surface area contributed by atoms with Gasteiger partial charge in [-0.3, -0.25) is 0 Å². The van der Waals surface area contributed by atoms with E-state index in [0.717, 1.165) is 12.2 Å². The number of pyridine rings is 1. The van der Waals surface area contributed by atoms with E-state index in [1.54, 1.807) is 0 Å². The number of nitrogens with zero attached hydrogens (tertiary/aromatic N) is 1. The van der Waals surface area contributed by atoms with Gasteiger partial charge in [-0.15, -0.1) is 0 Å². The van der Waals surface area contributed by atoms with Crippen LogP contribution in [0.5, 0.6) is 0 Å². The SMILES string of the molecule is CC1(NCc2cccc(N)n2)CC1. The van der Waals surface area contributed by atoms with Crippen LogP contribution in [0, 0.1) is 0 Å². The van der Waals surface area contributed by atoms with Gasteiger partial charge >= 0.3 is 0 Å². The summed E-state index contributed by atoms with van der Waals surface area (Å²) in [6.07, 6.45) is 2.55. The van der Waals surface area contributed by atoms with Crippen LogP contribution in [0.25, 0.3) is 0 Å². The molecule has 0 radical (unpaired) electrons. The van der Waals surface area contributed by atoms with Gasteiger partial charge in [-0.1, -0.05) is 6.07 Å². The number of nitrogens with two attached hydrogens (primary N) is 1. The normalized spacial score (nSPS) is 18.5. The molecule has 0 atom stereocenters. The van der Waals surface area contributed by atoms with Crippen molar-refractivity contribution < 1.29 is 0 Å². The van der Waals surface area contributed by atoms with Crippen molar-refractivity contribution in [3.05, 3.63) is 23.9 Å². The quantitative estimate of drug-likeness (QED) is 0.731. The fourth-order valence-corrected chi connectivity index (χ4v) is 1.26. The van der Waals surface area contributed by atoms with Crippen LogP contribution in [-0.2, 0) is 6.54 Å². The Kier molecular flexibility index (Phi) is 1.96. The minimum absolute atomic E-state index is 0.367. The first-order valence-electron chi connectivity index (χ1n) is 4.64. The van der Waals surface area contributed by atoms with E-state index in [0.29, 0.717) is 11.4 Å². The molecule has 0 unspecified atom stereocenters. The number of nitrogen functional groups attached to an aromatic ring is 1. The van der Waals surface area contributed by atoms with Crippen molar-refractivity contribution in [2.45, 2.75) is 31.8 Å². The highest BCUT2D eigenvalue weighted by atomic mass is 15.0. The van der Waals surface area contributed by atoms with Crippen LogP contribution in [0.1, 0.15) is 25.5 Å². The summed E-state index contributed by atoms with van der Waals surface area (Å²) in [7, 11) is 0. The Balaban J connectivity index is 1.94. The topological polar surface area (TPSA) is 50.9 Å². The van der Waals surface area contributed by atoms with Crippen LogP contribution >= 0.6 is 0 Å². The molecular weight excluding hydrogens is 162 g/mol. The molecule has 0 bridgehead atoms. The Morgan fingerprint density at radius 3 is 2.92 bits per heavy atom.